The Morgan fingerprint density at radius 2 is 1.87 bits per heavy atom. The largest absolute Gasteiger partial charge is 0.206 e. The Balaban J connectivity index is 2.60. The average Bonchev–Trinajstić information content (AvgIpc) is 2.20. The zero-order valence-corrected chi connectivity index (χ0v) is 8.35. The maximum atomic E-state index is 13.4. The molecular weight excluding hydrogens is 218 g/mol. The molecule has 0 aliphatic rings. The molecule has 0 aliphatic heterocycles. The molecule has 0 fully saturated rings. The van der Waals surface area contributed by atoms with Crippen molar-refractivity contribution in [1.29, 1.82) is 0 Å². The topological polar surface area (TPSA) is 0 Å². The Morgan fingerprint density at radius 1 is 1.07 bits per heavy atom. The van der Waals surface area contributed by atoms with Crippen molar-refractivity contribution in [2.24, 2.45) is 0 Å². The summed E-state index contributed by atoms with van der Waals surface area (Å²) in [4.78, 5) is 0. The molecule has 0 aromatic heterocycles. The van der Waals surface area contributed by atoms with Crippen LogP contribution < -0.4 is 0 Å². The summed E-state index contributed by atoms with van der Waals surface area (Å²) in [6, 6.07) is 11.1. The van der Waals surface area contributed by atoms with Gasteiger partial charge in [0.1, 0.15) is 11.6 Å². The Kier molecular flexibility index (Phi) is 2.69. The molecule has 0 saturated carbocycles. The minimum atomic E-state index is -0.552. The van der Waals surface area contributed by atoms with Crippen LogP contribution in [0.2, 0.25) is 5.02 Å². The average molecular weight is 224 g/mol. The lowest BCUT2D eigenvalue weighted by atomic mass is 10.0. The van der Waals surface area contributed by atoms with E-state index < -0.39 is 11.6 Å². The summed E-state index contributed by atoms with van der Waals surface area (Å²) in [5.74, 6) is -1.05. The quantitative estimate of drug-likeness (QED) is 0.683. The standard InChI is InChI=1S/C12H6ClF2/c13-8-5-6-10(12(15)7-8)9-3-1-2-4-11(9)14/h1-2,4-7H. The number of rotatable bonds is 1. The number of hydrogen-bond donors (Lipinski definition) is 0. The summed E-state index contributed by atoms with van der Waals surface area (Å²) < 4.78 is 26.8. The van der Waals surface area contributed by atoms with Gasteiger partial charge in [-0.25, -0.2) is 8.78 Å². The van der Waals surface area contributed by atoms with Crippen molar-refractivity contribution in [3.63, 3.8) is 0 Å². The van der Waals surface area contributed by atoms with Crippen LogP contribution in [0.3, 0.4) is 0 Å². The lowest BCUT2D eigenvalue weighted by molar-refractivity contribution is 0.616. The molecule has 0 atom stereocenters. The smallest absolute Gasteiger partial charge is 0.132 e. The van der Waals surface area contributed by atoms with Crippen molar-refractivity contribution >= 4 is 11.6 Å². The van der Waals surface area contributed by atoms with Crippen LogP contribution in [-0.2, 0) is 0 Å². The summed E-state index contributed by atoms with van der Waals surface area (Å²) in [5.41, 5.74) is 0.282. The van der Waals surface area contributed by atoms with Crippen molar-refractivity contribution in [1.82, 2.24) is 0 Å². The highest BCUT2D eigenvalue weighted by Crippen LogP contribution is 2.26. The van der Waals surface area contributed by atoms with E-state index in [1.165, 1.54) is 30.3 Å². The summed E-state index contributed by atoms with van der Waals surface area (Å²) in [6.45, 7) is 0. The van der Waals surface area contributed by atoms with Gasteiger partial charge in [-0.3, -0.25) is 0 Å². The predicted octanol–water partition coefficient (Wildman–Crippen LogP) is 4.09. The van der Waals surface area contributed by atoms with Crippen LogP contribution in [0.1, 0.15) is 0 Å². The Hall–Kier alpha value is -1.41. The van der Waals surface area contributed by atoms with Gasteiger partial charge in [0, 0.05) is 16.1 Å². The molecule has 0 nitrogen and oxygen atoms in total. The predicted molar refractivity (Wildman–Crippen MR) is 55.6 cm³/mol. The lowest BCUT2D eigenvalue weighted by Crippen LogP contribution is -1.88. The van der Waals surface area contributed by atoms with Gasteiger partial charge in [-0.2, -0.15) is 0 Å². The molecule has 0 unspecified atom stereocenters. The van der Waals surface area contributed by atoms with Crippen molar-refractivity contribution in [2.75, 3.05) is 0 Å². The second-order valence-electron chi connectivity index (χ2n) is 3.02. The van der Waals surface area contributed by atoms with Crippen LogP contribution >= 0.6 is 11.6 Å². The van der Waals surface area contributed by atoms with Gasteiger partial charge in [0.25, 0.3) is 0 Å². The highest BCUT2D eigenvalue weighted by atomic mass is 35.5. The van der Waals surface area contributed by atoms with E-state index in [9.17, 15) is 8.78 Å². The van der Waals surface area contributed by atoms with E-state index in [0.717, 1.165) is 6.07 Å². The van der Waals surface area contributed by atoms with Gasteiger partial charge in [-0.15, -0.1) is 0 Å². The minimum Gasteiger partial charge on any atom is -0.206 e. The van der Waals surface area contributed by atoms with Crippen LogP contribution in [0.5, 0.6) is 0 Å². The van der Waals surface area contributed by atoms with E-state index in [2.05, 4.69) is 6.07 Å². The van der Waals surface area contributed by atoms with Gasteiger partial charge in [0.2, 0.25) is 0 Å². The van der Waals surface area contributed by atoms with Gasteiger partial charge >= 0.3 is 0 Å². The van der Waals surface area contributed by atoms with E-state index in [0.29, 0.717) is 0 Å². The molecule has 0 heterocycles. The van der Waals surface area contributed by atoms with Crippen LogP contribution in [0.4, 0.5) is 8.78 Å². The first-order chi connectivity index (χ1) is 7.18. The van der Waals surface area contributed by atoms with E-state index in [4.69, 9.17) is 11.6 Å². The summed E-state index contributed by atoms with van der Waals surface area (Å²) in [5, 5.41) is 0.285. The molecule has 0 saturated heterocycles. The van der Waals surface area contributed by atoms with Crippen LogP contribution in [-0.4, -0.2) is 0 Å². The van der Waals surface area contributed by atoms with E-state index >= 15 is 0 Å². The van der Waals surface area contributed by atoms with Crippen molar-refractivity contribution in [2.45, 2.75) is 0 Å². The first-order valence-corrected chi connectivity index (χ1v) is 4.68. The molecule has 2 aromatic rings. The molecule has 0 N–H and O–H groups in total. The maximum absolute atomic E-state index is 13.4. The van der Waals surface area contributed by atoms with E-state index in [1.807, 2.05) is 0 Å². The van der Waals surface area contributed by atoms with Crippen LogP contribution in [0.15, 0.2) is 36.4 Å². The van der Waals surface area contributed by atoms with Crippen LogP contribution in [0, 0.1) is 17.7 Å². The highest BCUT2D eigenvalue weighted by Gasteiger charge is 2.09. The fourth-order valence-electron chi connectivity index (χ4n) is 1.31. The Labute approximate surface area is 91.1 Å². The van der Waals surface area contributed by atoms with Gasteiger partial charge in [-0.1, -0.05) is 23.7 Å². The fourth-order valence-corrected chi connectivity index (χ4v) is 1.47. The molecule has 0 bridgehead atoms. The molecular formula is C12H6ClF2. The molecule has 75 valence electrons. The maximum Gasteiger partial charge on any atom is 0.132 e. The monoisotopic (exact) mass is 223 g/mol. The van der Waals surface area contributed by atoms with E-state index in [1.54, 1.807) is 0 Å². The van der Waals surface area contributed by atoms with Crippen LogP contribution in [0.25, 0.3) is 11.1 Å². The normalized spacial score (nSPS) is 10.3. The fraction of sp³-hybridized carbons (Fsp3) is 0. The summed E-state index contributed by atoms with van der Waals surface area (Å²) in [7, 11) is 0. The lowest BCUT2D eigenvalue weighted by Gasteiger charge is -2.04. The number of halogens is 3. The third-order valence-corrected chi connectivity index (χ3v) is 2.24. The SMILES string of the molecule is Fc1ccc[c]c1-c1ccc(Cl)cc1F. The van der Waals surface area contributed by atoms with Gasteiger partial charge in [0.15, 0.2) is 0 Å². The third-order valence-electron chi connectivity index (χ3n) is 2.01. The van der Waals surface area contributed by atoms with Crippen molar-refractivity contribution < 1.29 is 8.78 Å². The molecule has 2 aromatic carbocycles. The van der Waals surface area contributed by atoms with Crippen molar-refractivity contribution in [3.05, 3.63) is 59.1 Å². The molecule has 15 heavy (non-hydrogen) atoms. The molecule has 0 aliphatic carbocycles. The Morgan fingerprint density at radius 3 is 2.53 bits per heavy atom. The molecule has 0 spiro atoms. The third kappa shape index (κ3) is 2.00. The van der Waals surface area contributed by atoms with Gasteiger partial charge < -0.3 is 0 Å². The van der Waals surface area contributed by atoms with Crippen molar-refractivity contribution in [3.8, 4) is 11.1 Å². The highest BCUT2D eigenvalue weighted by molar-refractivity contribution is 6.30. The molecule has 1 radical (unpaired) electrons. The molecule has 0 amide bonds. The van der Waals surface area contributed by atoms with Gasteiger partial charge in [0.05, 0.1) is 0 Å². The summed E-state index contributed by atoms with van der Waals surface area (Å²) >= 11 is 5.60. The van der Waals surface area contributed by atoms with Gasteiger partial charge in [-0.05, 0) is 30.3 Å². The second kappa shape index (κ2) is 3.99. The number of hydrogen-bond acceptors (Lipinski definition) is 0. The zero-order chi connectivity index (χ0) is 10.8. The zero-order valence-electron chi connectivity index (χ0n) is 7.60. The molecule has 3 heteroatoms. The summed E-state index contributed by atoms with van der Waals surface area (Å²) in [6.07, 6.45) is 0. The first-order valence-electron chi connectivity index (χ1n) is 4.30. The number of benzene rings is 2. The Bertz CT molecular complexity index is 495. The second-order valence-corrected chi connectivity index (χ2v) is 3.45. The first kappa shape index (κ1) is 10.1. The minimum absolute atomic E-state index is 0.117. The van der Waals surface area contributed by atoms with E-state index in [-0.39, 0.29) is 16.1 Å². The molecule has 2 rings (SSSR count).